The number of rotatable bonds is 5. The van der Waals surface area contributed by atoms with Crippen LogP contribution in [0.1, 0.15) is 105 Å². The first-order valence-corrected chi connectivity index (χ1v) is 10.1. The van der Waals surface area contributed by atoms with E-state index < -0.39 is 0 Å². The summed E-state index contributed by atoms with van der Waals surface area (Å²) >= 11 is 0. The van der Waals surface area contributed by atoms with E-state index in [1.165, 1.54) is 80.9 Å². The zero-order valence-corrected chi connectivity index (χ0v) is 14.9. The Balaban J connectivity index is 2.01. The first kappa shape index (κ1) is 17.0. The summed E-state index contributed by atoms with van der Waals surface area (Å²) in [5.74, 6) is 1.39. The minimum atomic E-state index is -0.202. The smallest absolute Gasteiger partial charge is 0.0934 e. The van der Waals surface area contributed by atoms with Crippen LogP contribution < -0.4 is 0 Å². The number of hydrogen-bond donors (Lipinski definition) is 0. The van der Waals surface area contributed by atoms with Crippen molar-refractivity contribution in [3.05, 3.63) is 34.4 Å². The highest BCUT2D eigenvalue weighted by atomic mass is 19.1. The molecule has 2 aliphatic rings. The lowest BCUT2D eigenvalue weighted by molar-refractivity contribution is 0.424. The van der Waals surface area contributed by atoms with Crippen LogP contribution in [-0.4, -0.2) is 6.67 Å². The first-order chi connectivity index (χ1) is 11.3. The van der Waals surface area contributed by atoms with Crippen molar-refractivity contribution in [2.24, 2.45) is 0 Å². The summed E-state index contributed by atoms with van der Waals surface area (Å²) in [7, 11) is 0. The minimum Gasteiger partial charge on any atom is -0.251 e. The summed E-state index contributed by atoms with van der Waals surface area (Å²) in [6, 6.07) is 4.75. The summed E-state index contributed by atoms with van der Waals surface area (Å²) in [6.45, 7) is 2.06. The minimum absolute atomic E-state index is 0.202. The summed E-state index contributed by atoms with van der Waals surface area (Å²) in [4.78, 5) is 0. The standard InChI is InChI=1S/C22H33F/c1-2-17-13-14-20(18-9-5-3-6-10-18)21(15-16-23)22(17)19-11-7-4-8-12-19/h13-14,18-19H,2-12,15-16H2,1H3. The maximum atomic E-state index is 13.4. The molecular weight excluding hydrogens is 283 g/mol. The molecule has 3 rings (SSSR count). The number of alkyl halides is 1. The summed E-state index contributed by atoms with van der Waals surface area (Å²) in [5.41, 5.74) is 6.01. The van der Waals surface area contributed by atoms with Crippen LogP contribution in [0, 0.1) is 0 Å². The lowest BCUT2D eigenvalue weighted by Crippen LogP contribution is -2.15. The Morgan fingerprint density at radius 2 is 1.48 bits per heavy atom. The number of hydrogen-bond acceptors (Lipinski definition) is 0. The zero-order chi connectivity index (χ0) is 16.1. The first-order valence-electron chi connectivity index (χ1n) is 10.1. The molecule has 0 unspecified atom stereocenters. The molecule has 0 amide bonds. The van der Waals surface area contributed by atoms with Gasteiger partial charge in [0.2, 0.25) is 0 Å². The molecule has 0 nitrogen and oxygen atoms in total. The Bertz CT molecular complexity index is 493. The van der Waals surface area contributed by atoms with Crippen LogP contribution in [0.3, 0.4) is 0 Å². The van der Waals surface area contributed by atoms with E-state index in [-0.39, 0.29) is 6.67 Å². The molecule has 0 heterocycles. The van der Waals surface area contributed by atoms with E-state index in [1.807, 2.05) is 0 Å². The number of aryl methyl sites for hydroxylation is 1. The van der Waals surface area contributed by atoms with Crippen LogP contribution in [0.15, 0.2) is 12.1 Å². The van der Waals surface area contributed by atoms with Crippen LogP contribution >= 0.6 is 0 Å². The van der Waals surface area contributed by atoms with Crippen molar-refractivity contribution >= 4 is 0 Å². The number of benzene rings is 1. The predicted octanol–water partition coefficient (Wildman–Crippen LogP) is 6.86. The van der Waals surface area contributed by atoms with Gasteiger partial charge in [-0.3, -0.25) is 4.39 Å². The second kappa shape index (κ2) is 8.31. The molecule has 0 aromatic heterocycles. The monoisotopic (exact) mass is 316 g/mol. The van der Waals surface area contributed by atoms with Gasteiger partial charge < -0.3 is 0 Å². The van der Waals surface area contributed by atoms with Gasteiger partial charge in [-0.1, -0.05) is 57.6 Å². The van der Waals surface area contributed by atoms with Gasteiger partial charge in [0, 0.05) is 6.42 Å². The fourth-order valence-electron chi connectivity index (χ4n) is 5.11. The Hall–Kier alpha value is -0.850. The van der Waals surface area contributed by atoms with E-state index in [0.29, 0.717) is 18.3 Å². The lowest BCUT2D eigenvalue weighted by Gasteiger charge is -2.31. The Morgan fingerprint density at radius 1 is 0.870 bits per heavy atom. The van der Waals surface area contributed by atoms with Gasteiger partial charge in [-0.15, -0.1) is 0 Å². The van der Waals surface area contributed by atoms with Crippen molar-refractivity contribution in [1.29, 1.82) is 0 Å². The second-order valence-corrected chi connectivity index (χ2v) is 7.67. The van der Waals surface area contributed by atoms with Gasteiger partial charge >= 0.3 is 0 Å². The molecule has 0 bridgehead atoms. The highest BCUT2D eigenvalue weighted by Gasteiger charge is 2.26. The van der Waals surface area contributed by atoms with Crippen LogP contribution in [-0.2, 0) is 12.8 Å². The molecule has 0 radical (unpaired) electrons. The Kier molecular flexibility index (Phi) is 6.14. The van der Waals surface area contributed by atoms with Gasteiger partial charge in [-0.25, -0.2) is 0 Å². The van der Waals surface area contributed by atoms with Crippen molar-refractivity contribution in [2.45, 2.75) is 95.8 Å². The highest BCUT2D eigenvalue weighted by Crippen LogP contribution is 2.42. The van der Waals surface area contributed by atoms with E-state index in [1.54, 1.807) is 5.56 Å². The van der Waals surface area contributed by atoms with E-state index in [2.05, 4.69) is 19.1 Å². The van der Waals surface area contributed by atoms with Crippen LogP contribution in [0.5, 0.6) is 0 Å². The predicted molar refractivity (Wildman–Crippen MR) is 97.2 cm³/mol. The largest absolute Gasteiger partial charge is 0.251 e. The molecule has 0 atom stereocenters. The number of halogens is 1. The van der Waals surface area contributed by atoms with Crippen LogP contribution in [0.25, 0.3) is 0 Å². The van der Waals surface area contributed by atoms with E-state index in [0.717, 1.165) is 6.42 Å². The van der Waals surface area contributed by atoms with Crippen molar-refractivity contribution in [1.82, 2.24) is 0 Å². The summed E-state index contributed by atoms with van der Waals surface area (Å²) < 4.78 is 13.4. The van der Waals surface area contributed by atoms with Gasteiger partial charge in [0.1, 0.15) is 0 Å². The van der Waals surface area contributed by atoms with E-state index >= 15 is 0 Å². The highest BCUT2D eigenvalue weighted by molar-refractivity contribution is 5.45. The van der Waals surface area contributed by atoms with Gasteiger partial charge in [-0.2, -0.15) is 0 Å². The molecule has 2 fully saturated rings. The van der Waals surface area contributed by atoms with Gasteiger partial charge in [-0.05, 0) is 66.2 Å². The van der Waals surface area contributed by atoms with Crippen molar-refractivity contribution in [3.8, 4) is 0 Å². The molecular formula is C22H33F. The molecule has 1 heteroatoms. The SMILES string of the molecule is CCc1ccc(C2CCCCC2)c(CCF)c1C1CCCCC1. The lowest BCUT2D eigenvalue weighted by atomic mass is 9.74. The summed E-state index contributed by atoms with van der Waals surface area (Å²) in [6.07, 6.45) is 15.2. The third-order valence-corrected chi connectivity index (χ3v) is 6.27. The van der Waals surface area contributed by atoms with Crippen molar-refractivity contribution in [2.75, 3.05) is 6.67 Å². The fourth-order valence-corrected chi connectivity index (χ4v) is 5.11. The molecule has 23 heavy (non-hydrogen) atoms. The van der Waals surface area contributed by atoms with Gasteiger partial charge in [0.15, 0.2) is 0 Å². The molecule has 2 aliphatic carbocycles. The average Bonchev–Trinajstić information content (AvgIpc) is 2.63. The molecule has 1 aromatic carbocycles. The second-order valence-electron chi connectivity index (χ2n) is 7.67. The van der Waals surface area contributed by atoms with Gasteiger partial charge in [0.25, 0.3) is 0 Å². The topological polar surface area (TPSA) is 0 Å². The van der Waals surface area contributed by atoms with Crippen molar-refractivity contribution in [3.63, 3.8) is 0 Å². The zero-order valence-electron chi connectivity index (χ0n) is 14.9. The molecule has 0 N–H and O–H groups in total. The molecule has 2 saturated carbocycles. The van der Waals surface area contributed by atoms with E-state index in [4.69, 9.17) is 0 Å². The Labute approximate surface area is 141 Å². The average molecular weight is 317 g/mol. The fraction of sp³-hybridized carbons (Fsp3) is 0.727. The van der Waals surface area contributed by atoms with Crippen LogP contribution in [0.2, 0.25) is 0 Å². The normalized spacial score (nSPS) is 20.8. The quantitative estimate of drug-likeness (QED) is 0.557. The Morgan fingerprint density at radius 3 is 2.04 bits per heavy atom. The van der Waals surface area contributed by atoms with Gasteiger partial charge in [0.05, 0.1) is 6.67 Å². The third-order valence-electron chi connectivity index (χ3n) is 6.27. The maximum Gasteiger partial charge on any atom is 0.0934 e. The molecule has 1 aromatic rings. The molecule has 128 valence electrons. The maximum absolute atomic E-state index is 13.4. The molecule has 0 saturated heterocycles. The van der Waals surface area contributed by atoms with Crippen molar-refractivity contribution < 1.29 is 4.39 Å². The van der Waals surface area contributed by atoms with E-state index in [9.17, 15) is 4.39 Å². The molecule has 0 aliphatic heterocycles. The summed E-state index contributed by atoms with van der Waals surface area (Å²) in [5, 5.41) is 0. The molecule has 0 spiro atoms. The van der Waals surface area contributed by atoms with Crippen LogP contribution in [0.4, 0.5) is 4.39 Å². The third kappa shape index (κ3) is 3.80.